The lowest BCUT2D eigenvalue weighted by atomic mass is 9.97. The predicted octanol–water partition coefficient (Wildman–Crippen LogP) is 2.59. The molecule has 0 spiro atoms. The molecule has 1 aliphatic rings. The van der Waals surface area contributed by atoms with E-state index in [1.807, 2.05) is 48.5 Å². The van der Waals surface area contributed by atoms with Gasteiger partial charge in [-0.05, 0) is 56.1 Å². The molecule has 0 aliphatic carbocycles. The zero-order valence-electron chi connectivity index (χ0n) is 17.0. The maximum absolute atomic E-state index is 10.5. The molecule has 7 heteroatoms. The number of nitrogens with zero attached hydrogens (tertiary/aromatic N) is 2. The van der Waals surface area contributed by atoms with Crippen molar-refractivity contribution in [1.82, 2.24) is 15.1 Å². The van der Waals surface area contributed by atoms with Gasteiger partial charge >= 0.3 is 0 Å². The Labute approximate surface area is 176 Å². The fourth-order valence-corrected chi connectivity index (χ4v) is 3.94. The van der Waals surface area contributed by atoms with Gasteiger partial charge < -0.3 is 24.6 Å². The van der Waals surface area contributed by atoms with Crippen LogP contribution >= 0.6 is 0 Å². The van der Waals surface area contributed by atoms with Gasteiger partial charge in [0.05, 0.1) is 29.8 Å². The molecule has 3 N–H and O–H groups in total. The van der Waals surface area contributed by atoms with Gasteiger partial charge in [0, 0.05) is 6.54 Å². The standard InChI is InChI=1S/C23H29N3O4/c27-14-21-23-20(24-25-21)7-4-8-22(23)30-16-18(28)13-26-11-9-17(10-12-26)15-29-19-5-2-1-3-6-19/h1-8,17-18,27-28H,9-16H2,(H,24,25). The number of piperidine rings is 1. The summed E-state index contributed by atoms with van der Waals surface area (Å²) in [5, 5.41) is 27.7. The summed E-state index contributed by atoms with van der Waals surface area (Å²) in [6.45, 7) is 3.29. The van der Waals surface area contributed by atoms with Crippen molar-refractivity contribution in [3.63, 3.8) is 0 Å². The summed E-state index contributed by atoms with van der Waals surface area (Å²) in [4.78, 5) is 2.28. The Hall–Kier alpha value is -2.61. The Kier molecular flexibility index (Phi) is 6.84. The van der Waals surface area contributed by atoms with E-state index in [2.05, 4.69) is 15.1 Å². The summed E-state index contributed by atoms with van der Waals surface area (Å²) in [5.74, 6) is 2.09. The Morgan fingerprint density at radius 2 is 1.87 bits per heavy atom. The SMILES string of the molecule is OCc1[nH]nc2cccc(OCC(O)CN3CCC(COc4ccccc4)CC3)c12. The molecular weight excluding hydrogens is 382 g/mol. The average Bonchev–Trinajstić information content (AvgIpc) is 3.22. The number of para-hydroxylation sites is 1. The molecule has 2 aromatic carbocycles. The minimum absolute atomic E-state index is 0.137. The Bertz CT molecular complexity index is 923. The lowest BCUT2D eigenvalue weighted by Gasteiger charge is -2.33. The first-order chi connectivity index (χ1) is 14.7. The number of hydrogen-bond acceptors (Lipinski definition) is 6. The van der Waals surface area contributed by atoms with Gasteiger partial charge in [-0.25, -0.2) is 0 Å². The van der Waals surface area contributed by atoms with Crippen LogP contribution in [0.1, 0.15) is 18.5 Å². The lowest BCUT2D eigenvalue weighted by molar-refractivity contribution is 0.0507. The van der Waals surface area contributed by atoms with E-state index in [1.54, 1.807) is 0 Å². The van der Waals surface area contributed by atoms with Gasteiger partial charge in [0.2, 0.25) is 0 Å². The van der Waals surface area contributed by atoms with Gasteiger partial charge in [-0.1, -0.05) is 24.3 Å². The van der Waals surface area contributed by atoms with E-state index in [9.17, 15) is 10.2 Å². The van der Waals surface area contributed by atoms with E-state index in [0.29, 0.717) is 23.9 Å². The monoisotopic (exact) mass is 411 g/mol. The van der Waals surface area contributed by atoms with Crippen LogP contribution in [0.2, 0.25) is 0 Å². The van der Waals surface area contributed by atoms with Crippen molar-refractivity contribution >= 4 is 10.9 Å². The van der Waals surface area contributed by atoms with Gasteiger partial charge in [0.1, 0.15) is 24.2 Å². The van der Waals surface area contributed by atoms with E-state index >= 15 is 0 Å². The normalized spacial score (nSPS) is 16.6. The largest absolute Gasteiger partial charge is 0.493 e. The molecule has 2 heterocycles. The number of nitrogens with one attached hydrogen (secondary N) is 1. The summed E-state index contributed by atoms with van der Waals surface area (Å²) < 4.78 is 11.7. The lowest BCUT2D eigenvalue weighted by Crippen LogP contribution is -2.41. The Morgan fingerprint density at radius 1 is 1.07 bits per heavy atom. The number of hydrogen-bond donors (Lipinski definition) is 3. The number of aromatic nitrogens is 2. The number of H-pyrrole nitrogens is 1. The highest BCUT2D eigenvalue weighted by Crippen LogP contribution is 2.27. The van der Waals surface area contributed by atoms with Crippen LogP contribution in [0.25, 0.3) is 10.9 Å². The maximum atomic E-state index is 10.5. The second kappa shape index (κ2) is 9.93. The minimum Gasteiger partial charge on any atom is -0.493 e. The van der Waals surface area contributed by atoms with Crippen molar-refractivity contribution in [2.24, 2.45) is 5.92 Å². The number of aliphatic hydroxyl groups is 2. The van der Waals surface area contributed by atoms with Crippen molar-refractivity contribution < 1.29 is 19.7 Å². The first-order valence-electron chi connectivity index (χ1n) is 10.5. The topological polar surface area (TPSA) is 90.8 Å². The molecule has 0 saturated carbocycles. The van der Waals surface area contributed by atoms with Crippen LogP contribution in [0.15, 0.2) is 48.5 Å². The van der Waals surface area contributed by atoms with Crippen molar-refractivity contribution in [3.8, 4) is 11.5 Å². The quantitative estimate of drug-likeness (QED) is 0.501. The van der Waals surface area contributed by atoms with Crippen molar-refractivity contribution in [2.75, 3.05) is 32.8 Å². The van der Waals surface area contributed by atoms with E-state index in [-0.39, 0.29) is 13.2 Å². The van der Waals surface area contributed by atoms with Gasteiger partial charge in [0.25, 0.3) is 0 Å². The summed E-state index contributed by atoms with van der Waals surface area (Å²) in [6, 6.07) is 15.5. The minimum atomic E-state index is -0.582. The van der Waals surface area contributed by atoms with E-state index < -0.39 is 6.10 Å². The molecule has 0 radical (unpaired) electrons. The van der Waals surface area contributed by atoms with Crippen LogP contribution in [0, 0.1) is 5.92 Å². The summed E-state index contributed by atoms with van der Waals surface area (Å²) >= 11 is 0. The molecule has 1 fully saturated rings. The number of β-amino-alcohol motifs (C(OH)–C–C–N with tert-alkyl or cyclic N) is 1. The summed E-state index contributed by atoms with van der Waals surface area (Å²) in [6.07, 6.45) is 1.55. The number of rotatable bonds is 9. The van der Waals surface area contributed by atoms with Crippen molar-refractivity contribution in [3.05, 3.63) is 54.2 Å². The molecule has 1 atom stereocenters. The fourth-order valence-electron chi connectivity index (χ4n) is 3.94. The second-order valence-electron chi connectivity index (χ2n) is 7.84. The Morgan fingerprint density at radius 3 is 2.63 bits per heavy atom. The maximum Gasteiger partial charge on any atom is 0.130 e. The summed E-state index contributed by atoms with van der Waals surface area (Å²) in [5.41, 5.74) is 1.36. The molecule has 3 aromatic rings. The van der Waals surface area contributed by atoms with Crippen LogP contribution in [0.4, 0.5) is 0 Å². The third-order valence-electron chi connectivity index (χ3n) is 5.61. The second-order valence-corrected chi connectivity index (χ2v) is 7.84. The van der Waals surface area contributed by atoms with E-state index in [0.717, 1.165) is 49.2 Å². The molecule has 0 amide bonds. The van der Waals surface area contributed by atoms with Crippen LogP contribution in [-0.4, -0.2) is 64.3 Å². The fraction of sp³-hybridized carbons (Fsp3) is 0.435. The van der Waals surface area contributed by atoms with Crippen molar-refractivity contribution in [1.29, 1.82) is 0 Å². The van der Waals surface area contributed by atoms with Gasteiger partial charge in [0.15, 0.2) is 0 Å². The highest BCUT2D eigenvalue weighted by Gasteiger charge is 2.22. The van der Waals surface area contributed by atoms with Gasteiger partial charge in [-0.15, -0.1) is 0 Å². The number of ether oxygens (including phenoxy) is 2. The van der Waals surface area contributed by atoms with Crippen LogP contribution in [-0.2, 0) is 6.61 Å². The first kappa shape index (κ1) is 20.7. The summed E-state index contributed by atoms with van der Waals surface area (Å²) in [7, 11) is 0. The molecule has 160 valence electrons. The molecule has 30 heavy (non-hydrogen) atoms. The number of benzene rings is 2. The van der Waals surface area contributed by atoms with Gasteiger partial charge in [-0.2, -0.15) is 5.10 Å². The number of aliphatic hydroxyl groups excluding tert-OH is 2. The van der Waals surface area contributed by atoms with E-state index in [4.69, 9.17) is 9.47 Å². The highest BCUT2D eigenvalue weighted by atomic mass is 16.5. The smallest absolute Gasteiger partial charge is 0.130 e. The van der Waals surface area contributed by atoms with Gasteiger partial charge in [-0.3, -0.25) is 5.10 Å². The number of fused-ring (bicyclic) bond motifs is 1. The Balaban J connectivity index is 1.21. The molecular formula is C23H29N3O4. The van der Waals surface area contributed by atoms with Crippen molar-refractivity contribution in [2.45, 2.75) is 25.6 Å². The molecule has 0 bridgehead atoms. The first-order valence-corrected chi connectivity index (χ1v) is 10.5. The highest BCUT2D eigenvalue weighted by molar-refractivity contribution is 5.87. The number of aromatic amines is 1. The molecule has 1 aromatic heterocycles. The molecule has 1 aliphatic heterocycles. The van der Waals surface area contributed by atoms with Crippen LogP contribution in [0.5, 0.6) is 11.5 Å². The van der Waals surface area contributed by atoms with Crippen LogP contribution < -0.4 is 9.47 Å². The molecule has 1 saturated heterocycles. The molecule has 4 rings (SSSR count). The third-order valence-corrected chi connectivity index (χ3v) is 5.61. The zero-order chi connectivity index (χ0) is 20.8. The van der Waals surface area contributed by atoms with Crippen LogP contribution in [0.3, 0.4) is 0 Å². The zero-order valence-corrected chi connectivity index (χ0v) is 17.0. The third kappa shape index (κ3) is 5.11. The average molecular weight is 412 g/mol. The number of likely N-dealkylation sites (tertiary alicyclic amines) is 1. The predicted molar refractivity (Wildman–Crippen MR) is 115 cm³/mol. The van der Waals surface area contributed by atoms with E-state index in [1.165, 1.54) is 0 Å². The molecule has 1 unspecified atom stereocenters. The molecule has 7 nitrogen and oxygen atoms in total.